The van der Waals surface area contributed by atoms with Crippen molar-refractivity contribution in [2.24, 2.45) is 0 Å². The number of alkyl halides is 3. The van der Waals surface area contributed by atoms with Crippen LogP contribution in [-0.4, -0.2) is 25.8 Å². The van der Waals surface area contributed by atoms with E-state index >= 15 is 0 Å². The number of aromatic nitrogens is 3. The van der Waals surface area contributed by atoms with Gasteiger partial charge >= 0.3 is 12.1 Å². The third-order valence-electron chi connectivity index (χ3n) is 4.20. The monoisotopic (exact) mass is 455 g/mol. The molecule has 1 aromatic heterocycles. The SMILES string of the molecule is CC(=O)Oc1cc(Cl)ccc1Oc1ccc(C(C)(O)Cn2cncn2)c(C(F)(F)F)c1. The number of halogens is 4. The van der Waals surface area contributed by atoms with Crippen molar-refractivity contribution < 1.29 is 32.5 Å². The van der Waals surface area contributed by atoms with Crippen LogP contribution in [0.4, 0.5) is 13.2 Å². The van der Waals surface area contributed by atoms with Crippen molar-refractivity contribution in [3.8, 4) is 17.2 Å². The van der Waals surface area contributed by atoms with Gasteiger partial charge in [-0.15, -0.1) is 0 Å². The van der Waals surface area contributed by atoms with Gasteiger partial charge in [0.2, 0.25) is 0 Å². The molecule has 0 aliphatic rings. The minimum Gasteiger partial charge on any atom is -0.453 e. The van der Waals surface area contributed by atoms with Gasteiger partial charge < -0.3 is 14.6 Å². The summed E-state index contributed by atoms with van der Waals surface area (Å²) in [6.07, 6.45) is -2.28. The predicted molar refractivity (Wildman–Crippen MR) is 104 cm³/mol. The maximum absolute atomic E-state index is 13.8. The first kappa shape index (κ1) is 22.6. The lowest BCUT2D eigenvalue weighted by atomic mass is 9.90. The molecule has 0 saturated carbocycles. The topological polar surface area (TPSA) is 86.5 Å². The van der Waals surface area contributed by atoms with Crippen LogP contribution in [0.25, 0.3) is 0 Å². The molecule has 0 spiro atoms. The van der Waals surface area contributed by atoms with Gasteiger partial charge in [0.1, 0.15) is 24.0 Å². The third-order valence-corrected chi connectivity index (χ3v) is 4.44. The molecule has 0 bridgehead atoms. The van der Waals surface area contributed by atoms with Crippen molar-refractivity contribution in [3.63, 3.8) is 0 Å². The number of ether oxygens (including phenoxy) is 2. The molecule has 0 aliphatic carbocycles. The van der Waals surface area contributed by atoms with Gasteiger partial charge in [0, 0.05) is 18.0 Å². The Balaban J connectivity index is 1.99. The number of hydrogen-bond acceptors (Lipinski definition) is 6. The molecule has 0 saturated heterocycles. The van der Waals surface area contributed by atoms with Gasteiger partial charge in [-0.1, -0.05) is 17.7 Å². The fraction of sp³-hybridized carbons (Fsp3) is 0.250. The van der Waals surface area contributed by atoms with E-state index in [1.807, 2.05) is 0 Å². The number of carbonyl (C=O) groups is 1. The first-order valence-corrected chi connectivity index (χ1v) is 9.26. The van der Waals surface area contributed by atoms with Crippen molar-refractivity contribution >= 4 is 17.6 Å². The number of nitrogens with zero attached hydrogens (tertiary/aromatic N) is 3. The fourth-order valence-electron chi connectivity index (χ4n) is 2.93. The molecule has 31 heavy (non-hydrogen) atoms. The van der Waals surface area contributed by atoms with Crippen LogP contribution in [0.5, 0.6) is 17.2 Å². The average Bonchev–Trinajstić information content (AvgIpc) is 3.15. The zero-order chi connectivity index (χ0) is 22.8. The smallest absolute Gasteiger partial charge is 0.416 e. The third kappa shape index (κ3) is 5.53. The summed E-state index contributed by atoms with van der Waals surface area (Å²) in [6, 6.07) is 7.26. The molecule has 11 heteroatoms. The molecule has 1 N–H and O–H groups in total. The van der Waals surface area contributed by atoms with Crippen LogP contribution < -0.4 is 9.47 Å². The lowest BCUT2D eigenvalue weighted by Gasteiger charge is -2.27. The summed E-state index contributed by atoms with van der Waals surface area (Å²) in [5, 5.41) is 14.8. The van der Waals surface area contributed by atoms with Crippen LogP contribution in [0.15, 0.2) is 49.1 Å². The van der Waals surface area contributed by atoms with E-state index in [9.17, 15) is 23.1 Å². The quantitative estimate of drug-likeness (QED) is 0.432. The standard InChI is InChI=1S/C20H17ClF3N3O4/c1-12(28)30-18-7-13(21)3-6-17(18)31-14-4-5-15(16(8-14)20(22,23)24)19(2,29)9-27-11-25-10-26-27/h3-8,10-11,29H,9H2,1-2H3. The maximum atomic E-state index is 13.8. The second kappa shape index (κ2) is 8.56. The maximum Gasteiger partial charge on any atom is 0.416 e. The summed E-state index contributed by atoms with van der Waals surface area (Å²) in [6.45, 7) is 2.17. The summed E-state index contributed by atoms with van der Waals surface area (Å²) in [5.41, 5.74) is -3.35. The summed E-state index contributed by atoms with van der Waals surface area (Å²) >= 11 is 5.88. The van der Waals surface area contributed by atoms with Crippen LogP contribution in [0.3, 0.4) is 0 Å². The van der Waals surface area contributed by atoms with Crippen LogP contribution in [0, 0.1) is 0 Å². The Kier molecular flexibility index (Phi) is 6.23. The largest absolute Gasteiger partial charge is 0.453 e. The van der Waals surface area contributed by atoms with E-state index in [0.29, 0.717) is 0 Å². The molecule has 1 unspecified atom stereocenters. The molecule has 0 aliphatic heterocycles. The van der Waals surface area contributed by atoms with Crippen LogP contribution in [0.1, 0.15) is 25.0 Å². The molecule has 1 heterocycles. The highest BCUT2D eigenvalue weighted by atomic mass is 35.5. The van der Waals surface area contributed by atoms with Crippen LogP contribution >= 0.6 is 11.6 Å². The predicted octanol–water partition coefficient (Wildman–Crippen LogP) is 4.58. The molecule has 3 aromatic rings. The van der Waals surface area contributed by atoms with E-state index in [1.54, 1.807) is 0 Å². The van der Waals surface area contributed by atoms with E-state index in [2.05, 4.69) is 10.1 Å². The van der Waals surface area contributed by atoms with Crippen molar-refractivity contribution in [2.75, 3.05) is 0 Å². The van der Waals surface area contributed by atoms with Crippen molar-refractivity contribution in [1.29, 1.82) is 0 Å². The van der Waals surface area contributed by atoms with Gasteiger partial charge in [0.15, 0.2) is 11.5 Å². The van der Waals surface area contributed by atoms with E-state index < -0.39 is 23.3 Å². The Bertz CT molecular complexity index is 1090. The van der Waals surface area contributed by atoms with Gasteiger partial charge in [-0.25, -0.2) is 9.67 Å². The van der Waals surface area contributed by atoms with Crippen molar-refractivity contribution in [1.82, 2.24) is 14.8 Å². The molecule has 164 valence electrons. The minimum absolute atomic E-state index is 0.00477. The summed E-state index contributed by atoms with van der Waals surface area (Å²) < 4.78 is 53.1. The van der Waals surface area contributed by atoms with E-state index in [0.717, 1.165) is 12.1 Å². The Labute approximate surface area is 180 Å². The van der Waals surface area contributed by atoms with Crippen LogP contribution in [0.2, 0.25) is 5.02 Å². The first-order valence-electron chi connectivity index (χ1n) is 8.88. The van der Waals surface area contributed by atoms with E-state index in [1.165, 1.54) is 55.4 Å². The zero-order valence-corrected chi connectivity index (χ0v) is 17.1. The van der Waals surface area contributed by atoms with Gasteiger partial charge in [0.05, 0.1) is 12.1 Å². The number of hydrogen-bond donors (Lipinski definition) is 1. The number of benzene rings is 2. The molecule has 0 amide bonds. The van der Waals surface area contributed by atoms with Gasteiger partial charge in [-0.2, -0.15) is 18.3 Å². The van der Waals surface area contributed by atoms with Crippen molar-refractivity contribution in [2.45, 2.75) is 32.2 Å². The second-order valence-electron chi connectivity index (χ2n) is 6.86. The summed E-state index contributed by atoms with van der Waals surface area (Å²) in [5.74, 6) is -0.878. The average molecular weight is 456 g/mol. The van der Waals surface area contributed by atoms with Gasteiger partial charge in [-0.05, 0) is 36.8 Å². The van der Waals surface area contributed by atoms with E-state index in [4.69, 9.17) is 21.1 Å². The minimum atomic E-state index is -4.78. The summed E-state index contributed by atoms with van der Waals surface area (Å²) in [4.78, 5) is 15.0. The van der Waals surface area contributed by atoms with Crippen LogP contribution in [-0.2, 0) is 23.1 Å². The Morgan fingerprint density at radius 3 is 2.52 bits per heavy atom. The first-order chi connectivity index (χ1) is 14.5. The molecular weight excluding hydrogens is 439 g/mol. The lowest BCUT2D eigenvalue weighted by Crippen LogP contribution is -2.31. The number of aliphatic hydroxyl groups is 1. The zero-order valence-electron chi connectivity index (χ0n) is 16.4. The highest BCUT2D eigenvalue weighted by molar-refractivity contribution is 6.30. The molecule has 0 radical (unpaired) electrons. The van der Waals surface area contributed by atoms with Gasteiger partial charge in [0.25, 0.3) is 0 Å². The van der Waals surface area contributed by atoms with E-state index in [-0.39, 0.29) is 34.4 Å². The molecule has 7 nitrogen and oxygen atoms in total. The Hall–Kier alpha value is -3.11. The molecule has 2 aromatic carbocycles. The highest BCUT2D eigenvalue weighted by Crippen LogP contribution is 2.41. The van der Waals surface area contributed by atoms with Gasteiger partial charge in [-0.3, -0.25) is 4.79 Å². The Morgan fingerprint density at radius 1 is 1.16 bits per heavy atom. The molecule has 3 rings (SSSR count). The second-order valence-corrected chi connectivity index (χ2v) is 7.30. The Morgan fingerprint density at radius 2 is 1.90 bits per heavy atom. The number of esters is 1. The molecule has 1 atom stereocenters. The molecule has 0 fully saturated rings. The van der Waals surface area contributed by atoms with Crippen molar-refractivity contribution in [3.05, 3.63) is 65.2 Å². The fourth-order valence-corrected chi connectivity index (χ4v) is 3.10. The summed E-state index contributed by atoms with van der Waals surface area (Å²) in [7, 11) is 0. The number of carbonyl (C=O) groups excluding carboxylic acids is 1. The molecular formula is C20H17ClF3N3O4. The lowest BCUT2D eigenvalue weighted by molar-refractivity contribution is -0.141. The highest BCUT2D eigenvalue weighted by Gasteiger charge is 2.39. The normalized spacial score (nSPS) is 13.5. The number of rotatable bonds is 6.